The third-order valence-corrected chi connectivity index (χ3v) is 5.31. The van der Waals surface area contributed by atoms with Gasteiger partial charge >= 0.3 is 6.09 Å². The minimum absolute atomic E-state index is 0.143. The maximum absolute atomic E-state index is 13.2. The Bertz CT molecular complexity index is 807. The molecule has 0 spiro atoms. The van der Waals surface area contributed by atoms with Gasteiger partial charge in [0.05, 0.1) is 12.1 Å². The van der Waals surface area contributed by atoms with Gasteiger partial charge in [0.25, 0.3) is 0 Å². The molecule has 0 bridgehead atoms. The van der Waals surface area contributed by atoms with Gasteiger partial charge in [0.1, 0.15) is 17.7 Å². The quantitative estimate of drug-likeness (QED) is 0.776. The average Bonchev–Trinajstić information content (AvgIpc) is 3.32. The number of rotatable bonds is 3. The first-order valence-electron chi connectivity index (χ1n) is 10.2. The predicted molar refractivity (Wildman–Crippen MR) is 111 cm³/mol. The van der Waals surface area contributed by atoms with Gasteiger partial charge in [-0.2, -0.15) is 5.26 Å². The van der Waals surface area contributed by atoms with Crippen molar-refractivity contribution in [2.45, 2.75) is 70.2 Å². The van der Waals surface area contributed by atoms with Crippen molar-refractivity contribution in [1.82, 2.24) is 9.80 Å². The van der Waals surface area contributed by atoms with E-state index in [2.05, 4.69) is 6.07 Å². The lowest BCUT2D eigenvalue weighted by molar-refractivity contribution is -0.136. The molecule has 0 unspecified atom stereocenters. The van der Waals surface area contributed by atoms with Crippen LogP contribution in [-0.4, -0.2) is 52.1 Å². The molecule has 0 N–H and O–H groups in total. The van der Waals surface area contributed by atoms with Gasteiger partial charge in [0.2, 0.25) is 5.91 Å². The minimum Gasteiger partial charge on any atom is -0.444 e. The van der Waals surface area contributed by atoms with Crippen LogP contribution in [0.1, 0.15) is 52.0 Å². The molecule has 0 radical (unpaired) electrons. The summed E-state index contributed by atoms with van der Waals surface area (Å²) in [4.78, 5) is 29.4. The SMILES string of the molecule is CC(C)(C)OC(=O)N1[C@H](C=Cc2ccccc2)CC[C@@H]1C(=O)N1CCC[C@H]1C#N. The fraction of sp³-hybridized carbons (Fsp3) is 0.522. The lowest BCUT2D eigenvalue weighted by Gasteiger charge is -2.33. The average molecular weight is 396 g/mol. The Kier molecular flexibility index (Phi) is 6.26. The van der Waals surface area contributed by atoms with Crippen LogP contribution in [-0.2, 0) is 9.53 Å². The molecule has 2 heterocycles. The van der Waals surface area contributed by atoms with Crippen LogP contribution in [0.4, 0.5) is 4.79 Å². The van der Waals surface area contributed by atoms with Gasteiger partial charge in [0.15, 0.2) is 0 Å². The topological polar surface area (TPSA) is 73.6 Å². The molecule has 1 aromatic rings. The zero-order chi connectivity index (χ0) is 21.0. The van der Waals surface area contributed by atoms with E-state index >= 15 is 0 Å². The number of ether oxygens (including phenoxy) is 1. The molecule has 154 valence electrons. The fourth-order valence-corrected chi connectivity index (χ4v) is 3.99. The van der Waals surface area contributed by atoms with E-state index in [-0.39, 0.29) is 11.9 Å². The molecule has 2 saturated heterocycles. The van der Waals surface area contributed by atoms with Gasteiger partial charge in [-0.05, 0) is 52.0 Å². The summed E-state index contributed by atoms with van der Waals surface area (Å²) in [6, 6.07) is 10.9. The second kappa shape index (κ2) is 8.69. The third-order valence-electron chi connectivity index (χ3n) is 5.31. The van der Waals surface area contributed by atoms with Crippen LogP contribution in [0.25, 0.3) is 6.08 Å². The molecule has 2 aliphatic heterocycles. The van der Waals surface area contributed by atoms with Crippen molar-refractivity contribution in [2.24, 2.45) is 0 Å². The molecule has 3 rings (SSSR count). The highest BCUT2D eigenvalue weighted by Crippen LogP contribution is 2.31. The van der Waals surface area contributed by atoms with E-state index in [9.17, 15) is 14.9 Å². The Hall–Kier alpha value is -2.81. The van der Waals surface area contributed by atoms with Gasteiger partial charge in [-0.1, -0.05) is 42.5 Å². The van der Waals surface area contributed by atoms with Gasteiger partial charge in [0, 0.05) is 6.54 Å². The molecule has 2 aliphatic rings. The number of carbonyl (C=O) groups excluding carboxylic acids is 2. The first-order valence-corrected chi connectivity index (χ1v) is 10.2. The number of nitrogens with zero attached hydrogens (tertiary/aromatic N) is 3. The Morgan fingerprint density at radius 1 is 1.17 bits per heavy atom. The van der Waals surface area contributed by atoms with Crippen LogP contribution in [0, 0.1) is 11.3 Å². The van der Waals surface area contributed by atoms with Crippen molar-refractivity contribution in [3.63, 3.8) is 0 Å². The summed E-state index contributed by atoms with van der Waals surface area (Å²) in [6.07, 6.45) is 6.23. The number of nitriles is 1. The number of benzene rings is 1. The van der Waals surface area contributed by atoms with E-state index in [1.807, 2.05) is 63.3 Å². The van der Waals surface area contributed by atoms with Crippen LogP contribution in [0.15, 0.2) is 36.4 Å². The van der Waals surface area contributed by atoms with Crippen LogP contribution < -0.4 is 0 Å². The molecular formula is C23H29N3O3. The minimum atomic E-state index is -0.649. The van der Waals surface area contributed by atoms with Crippen molar-refractivity contribution < 1.29 is 14.3 Å². The van der Waals surface area contributed by atoms with Crippen LogP contribution in [0.2, 0.25) is 0 Å². The van der Waals surface area contributed by atoms with Crippen molar-refractivity contribution in [2.75, 3.05) is 6.54 Å². The molecule has 0 aliphatic carbocycles. The van der Waals surface area contributed by atoms with Crippen LogP contribution in [0.3, 0.4) is 0 Å². The molecule has 0 saturated carbocycles. The van der Waals surface area contributed by atoms with E-state index in [1.54, 1.807) is 9.80 Å². The van der Waals surface area contributed by atoms with Gasteiger partial charge in [-0.25, -0.2) is 4.79 Å². The normalized spacial score (nSPS) is 24.7. The first kappa shape index (κ1) is 20.9. The van der Waals surface area contributed by atoms with Crippen molar-refractivity contribution in [3.05, 3.63) is 42.0 Å². The summed E-state index contributed by atoms with van der Waals surface area (Å²) < 4.78 is 5.62. The van der Waals surface area contributed by atoms with Crippen LogP contribution in [0.5, 0.6) is 0 Å². The maximum Gasteiger partial charge on any atom is 0.411 e. The first-order chi connectivity index (χ1) is 13.8. The summed E-state index contributed by atoms with van der Waals surface area (Å²) in [7, 11) is 0. The third kappa shape index (κ3) is 4.97. The Morgan fingerprint density at radius 2 is 1.90 bits per heavy atom. The molecule has 6 nitrogen and oxygen atoms in total. The molecule has 3 atom stereocenters. The van der Waals surface area contributed by atoms with Gasteiger partial charge in [-0.3, -0.25) is 9.69 Å². The smallest absolute Gasteiger partial charge is 0.411 e. The fourth-order valence-electron chi connectivity index (χ4n) is 3.99. The lowest BCUT2D eigenvalue weighted by Crippen LogP contribution is -2.52. The van der Waals surface area contributed by atoms with E-state index in [0.29, 0.717) is 25.8 Å². The largest absolute Gasteiger partial charge is 0.444 e. The van der Waals surface area contributed by atoms with Gasteiger partial charge in [-0.15, -0.1) is 0 Å². The molecule has 0 aromatic heterocycles. The summed E-state index contributed by atoms with van der Waals surface area (Å²) >= 11 is 0. The second-order valence-corrected chi connectivity index (χ2v) is 8.64. The Morgan fingerprint density at radius 3 is 2.55 bits per heavy atom. The van der Waals surface area contributed by atoms with E-state index in [4.69, 9.17) is 4.74 Å². The standard InChI is InChI=1S/C23H29N3O3/c1-23(2,3)29-22(28)26-18(12-11-17-8-5-4-6-9-17)13-14-20(26)21(27)25-15-7-10-19(25)16-24/h4-6,8-9,11-12,18-20H,7,10,13-15H2,1-3H3/t18-,19+,20-/m1/s1. The molecule has 6 heteroatoms. The number of amides is 2. The Labute approximate surface area is 172 Å². The highest BCUT2D eigenvalue weighted by atomic mass is 16.6. The molecule has 2 amide bonds. The van der Waals surface area contributed by atoms with Crippen molar-refractivity contribution >= 4 is 18.1 Å². The molecular weight excluding hydrogens is 366 g/mol. The number of hydrogen-bond donors (Lipinski definition) is 0. The highest BCUT2D eigenvalue weighted by molar-refractivity contribution is 5.87. The monoisotopic (exact) mass is 395 g/mol. The van der Waals surface area contributed by atoms with E-state index < -0.39 is 23.8 Å². The van der Waals surface area contributed by atoms with E-state index in [1.165, 1.54) is 0 Å². The lowest BCUT2D eigenvalue weighted by atomic mass is 10.1. The number of likely N-dealkylation sites (tertiary alicyclic amines) is 2. The van der Waals surface area contributed by atoms with E-state index in [0.717, 1.165) is 12.0 Å². The zero-order valence-electron chi connectivity index (χ0n) is 17.4. The molecule has 29 heavy (non-hydrogen) atoms. The molecule has 1 aromatic carbocycles. The summed E-state index contributed by atoms with van der Waals surface area (Å²) in [5, 5.41) is 9.36. The Balaban J connectivity index is 1.83. The van der Waals surface area contributed by atoms with Crippen molar-refractivity contribution in [3.8, 4) is 6.07 Å². The number of hydrogen-bond acceptors (Lipinski definition) is 4. The maximum atomic E-state index is 13.2. The second-order valence-electron chi connectivity index (χ2n) is 8.64. The van der Waals surface area contributed by atoms with Gasteiger partial charge < -0.3 is 9.64 Å². The summed E-state index contributed by atoms with van der Waals surface area (Å²) in [5.74, 6) is -0.143. The predicted octanol–water partition coefficient (Wildman–Crippen LogP) is 3.98. The van der Waals surface area contributed by atoms with Crippen LogP contribution >= 0.6 is 0 Å². The zero-order valence-corrected chi connectivity index (χ0v) is 17.4. The van der Waals surface area contributed by atoms with Crippen molar-refractivity contribution in [1.29, 1.82) is 5.26 Å². The number of carbonyl (C=O) groups is 2. The molecule has 2 fully saturated rings. The summed E-state index contributed by atoms with van der Waals surface area (Å²) in [6.45, 7) is 6.02. The summed E-state index contributed by atoms with van der Waals surface area (Å²) in [5.41, 5.74) is 0.388. The highest BCUT2D eigenvalue weighted by Gasteiger charge is 2.45.